The molecule has 0 atom stereocenters. The van der Waals surface area contributed by atoms with Gasteiger partial charge in [0, 0.05) is 60.6 Å². The predicted octanol–water partition coefficient (Wildman–Crippen LogP) is 4.98. The van der Waals surface area contributed by atoms with Crippen molar-refractivity contribution in [3.05, 3.63) is 80.8 Å². The highest BCUT2D eigenvalue weighted by atomic mass is 35.5. The van der Waals surface area contributed by atoms with Gasteiger partial charge in [-0.05, 0) is 30.3 Å². The topological polar surface area (TPSA) is 50.6 Å². The largest absolute Gasteiger partial charge is 0.471 e. The Hall–Kier alpha value is -2.32. The third-order valence-electron chi connectivity index (χ3n) is 5.22. The molecule has 10 heteroatoms. The third-order valence-corrected chi connectivity index (χ3v) is 6.22. The van der Waals surface area contributed by atoms with Crippen molar-refractivity contribution in [2.45, 2.75) is 13.3 Å². The molecule has 6 nitrogen and oxygen atoms in total. The summed E-state index contributed by atoms with van der Waals surface area (Å²) in [6.45, 7) is 3.29. The summed E-state index contributed by atoms with van der Waals surface area (Å²) in [4.78, 5) is 16.8. The molecular weight excluding hydrogens is 478 g/mol. The molecule has 1 amide bonds. The quantitative estimate of drug-likeness (QED) is 0.482. The lowest BCUT2D eigenvalue weighted by Crippen LogP contribution is -2.48. The lowest BCUT2D eigenvalue weighted by molar-refractivity contribution is 0.0621. The van der Waals surface area contributed by atoms with Gasteiger partial charge in [0.05, 0.1) is 5.02 Å². The lowest BCUT2D eigenvalue weighted by Gasteiger charge is -2.34. The van der Waals surface area contributed by atoms with E-state index in [0.717, 1.165) is 5.56 Å². The van der Waals surface area contributed by atoms with Gasteiger partial charge < -0.3 is 9.64 Å². The molecule has 1 aromatic heterocycles. The minimum Gasteiger partial charge on any atom is -0.471 e. The van der Waals surface area contributed by atoms with Crippen molar-refractivity contribution < 1.29 is 13.9 Å². The van der Waals surface area contributed by atoms with Crippen LogP contribution in [0.4, 0.5) is 4.39 Å². The second kappa shape index (κ2) is 10.1. The lowest BCUT2D eigenvalue weighted by atomic mass is 10.2. The molecule has 0 unspecified atom stereocenters. The van der Waals surface area contributed by atoms with E-state index in [4.69, 9.17) is 39.5 Å². The highest BCUT2D eigenvalue weighted by molar-refractivity contribution is 6.36. The molecule has 0 N–H and O–H groups in total. The number of carbonyl (C=O) groups is 1. The maximum Gasteiger partial charge on any atom is 0.274 e. The van der Waals surface area contributed by atoms with Crippen molar-refractivity contribution in [1.82, 2.24) is 19.6 Å². The van der Waals surface area contributed by atoms with Crippen molar-refractivity contribution in [2.24, 2.45) is 0 Å². The minimum absolute atomic E-state index is 0.0187. The summed E-state index contributed by atoms with van der Waals surface area (Å²) in [5, 5.41) is 5.57. The normalized spacial score (nSPS) is 14.6. The third kappa shape index (κ3) is 5.35. The van der Waals surface area contributed by atoms with Crippen molar-refractivity contribution in [3.8, 4) is 5.75 Å². The van der Waals surface area contributed by atoms with Gasteiger partial charge in [0.2, 0.25) is 0 Å². The van der Waals surface area contributed by atoms with Crippen LogP contribution in [0.3, 0.4) is 0 Å². The number of rotatable bonds is 6. The number of hydrogen-bond acceptors (Lipinski definition) is 4. The Morgan fingerprint density at radius 2 is 1.72 bits per heavy atom. The fraction of sp³-hybridized carbons (Fsp3) is 0.273. The second-order valence-electron chi connectivity index (χ2n) is 7.36. The van der Waals surface area contributed by atoms with Crippen LogP contribution < -0.4 is 4.74 Å². The first kappa shape index (κ1) is 22.9. The zero-order valence-corrected chi connectivity index (χ0v) is 19.2. The Bertz CT molecular complexity index is 1100. The standard InChI is InChI=1S/C22H20Cl3FN4O2/c23-17-2-1-3-18(24)16(17)13-28-8-10-29(11-9-28)22(31)21-6-7-30(27-21)14-32-15-4-5-20(26)19(25)12-15/h1-7,12H,8-11,13-14H2. The molecule has 0 saturated carbocycles. The molecule has 0 radical (unpaired) electrons. The molecule has 1 fully saturated rings. The van der Waals surface area contributed by atoms with Crippen molar-refractivity contribution in [3.63, 3.8) is 0 Å². The number of carbonyl (C=O) groups excluding carboxylic acids is 1. The second-order valence-corrected chi connectivity index (χ2v) is 8.58. The maximum atomic E-state index is 13.2. The highest BCUT2D eigenvalue weighted by Crippen LogP contribution is 2.26. The summed E-state index contributed by atoms with van der Waals surface area (Å²) in [5.41, 5.74) is 1.24. The van der Waals surface area contributed by atoms with Gasteiger partial charge in [0.1, 0.15) is 11.6 Å². The molecule has 3 aromatic rings. The van der Waals surface area contributed by atoms with Gasteiger partial charge in [0.15, 0.2) is 12.4 Å². The van der Waals surface area contributed by atoms with E-state index in [1.807, 2.05) is 18.2 Å². The van der Waals surface area contributed by atoms with Crippen molar-refractivity contribution in [1.29, 1.82) is 0 Å². The number of aromatic nitrogens is 2. The minimum atomic E-state index is -0.513. The van der Waals surface area contributed by atoms with E-state index in [9.17, 15) is 9.18 Å². The van der Waals surface area contributed by atoms with E-state index in [1.54, 1.807) is 17.2 Å². The smallest absolute Gasteiger partial charge is 0.274 e. The van der Waals surface area contributed by atoms with E-state index >= 15 is 0 Å². The van der Waals surface area contributed by atoms with Crippen LogP contribution in [0.25, 0.3) is 0 Å². The number of amides is 1. The first-order valence-corrected chi connectivity index (χ1v) is 11.1. The van der Waals surface area contributed by atoms with Gasteiger partial charge >= 0.3 is 0 Å². The molecule has 0 aliphatic carbocycles. The van der Waals surface area contributed by atoms with Crippen LogP contribution in [-0.4, -0.2) is 51.7 Å². The fourth-order valence-electron chi connectivity index (χ4n) is 3.43. The molecule has 2 aromatic carbocycles. The van der Waals surface area contributed by atoms with E-state index < -0.39 is 5.82 Å². The molecule has 168 valence electrons. The number of benzene rings is 2. The molecule has 32 heavy (non-hydrogen) atoms. The Kier molecular flexibility index (Phi) is 7.20. The summed E-state index contributed by atoms with van der Waals surface area (Å²) >= 11 is 18.3. The van der Waals surface area contributed by atoms with Crippen LogP contribution in [-0.2, 0) is 13.3 Å². The summed E-state index contributed by atoms with van der Waals surface area (Å²) in [6, 6.07) is 11.2. The van der Waals surface area contributed by atoms with Gasteiger partial charge in [-0.15, -0.1) is 0 Å². The Labute approximate surface area is 200 Å². The monoisotopic (exact) mass is 496 g/mol. The van der Waals surface area contributed by atoms with Crippen LogP contribution in [0, 0.1) is 5.82 Å². The van der Waals surface area contributed by atoms with Crippen molar-refractivity contribution >= 4 is 40.7 Å². The molecule has 4 rings (SSSR count). The number of ether oxygens (including phenoxy) is 1. The first-order valence-electron chi connectivity index (χ1n) is 9.96. The first-order chi connectivity index (χ1) is 15.4. The number of halogens is 4. The van der Waals surface area contributed by atoms with E-state index in [2.05, 4.69) is 10.00 Å². The van der Waals surface area contributed by atoms with Crippen LogP contribution >= 0.6 is 34.8 Å². The summed E-state index contributed by atoms with van der Waals surface area (Å²) in [7, 11) is 0. The summed E-state index contributed by atoms with van der Waals surface area (Å²) < 4.78 is 20.3. The van der Waals surface area contributed by atoms with Gasteiger partial charge in [-0.1, -0.05) is 40.9 Å². The molecule has 1 saturated heterocycles. The number of nitrogens with zero attached hydrogens (tertiary/aromatic N) is 4. The predicted molar refractivity (Wildman–Crippen MR) is 122 cm³/mol. The Balaban J connectivity index is 1.30. The average molecular weight is 498 g/mol. The molecule has 0 spiro atoms. The van der Waals surface area contributed by atoms with Crippen LogP contribution in [0.5, 0.6) is 5.75 Å². The van der Waals surface area contributed by atoms with Crippen LogP contribution in [0.15, 0.2) is 48.7 Å². The van der Waals surface area contributed by atoms with E-state index in [-0.39, 0.29) is 17.7 Å². The van der Waals surface area contributed by atoms with Gasteiger partial charge in [-0.3, -0.25) is 9.69 Å². The number of piperazine rings is 1. The SMILES string of the molecule is O=C(c1ccn(COc2ccc(F)c(Cl)c2)n1)N1CCN(Cc2c(Cl)cccc2Cl)CC1. The summed E-state index contributed by atoms with van der Waals surface area (Å²) in [6.07, 6.45) is 1.66. The maximum absolute atomic E-state index is 13.2. The number of hydrogen-bond donors (Lipinski definition) is 0. The molecule has 2 heterocycles. The zero-order chi connectivity index (χ0) is 22.7. The summed E-state index contributed by atoms with van der Waals surface area (Å²) in [5.74, 6) is -0.237. The molecule has 0 bridgehead atoms. The highest BCUT2D eigenvalue weighted by Gasteiger charge is 2.24. The van der Waals surface area contributed by atoms with Gasteiger partial charge in [-0.25, -0.2) is 9.07 Å². The van der Waals surface area contributed by atoms with Gasteiger partial charge in [-0.2, -0.15) is 5.10 Å². The van der Waals surface area contributed by atoms with Gasteiger partial charge in [0.25, 0.3) is 5.91 Å². The van der Waals surface area contributed by atoms with Crippen LogP contribution in [0.2, 0.25) is 15.1 Å². The zero-order valence-electron chi connectivity index (χ0n) is 17.0. The molecule has 1 aliphatic heterocycles. The molecule has 1 aliphatic rings. The van der Waals surface area contributed by atoms with E-state index in [1.165, 1.54) is 22.9 Å². The van der Waals surface area contributed by atoms with Crippen molar-refractivity contribution in [2.75, 3.05) is 26.2 Å². The van der Waals surface area contributed by atoms with E-state index in [0.29, 0.717) is 54.2 Å². The molecular formula is C22H20Cl3FN4O2. The Morgan fingerprint density at radius 1 is 1.00 bits per heavy atom. The average Bonchev–Trinajstić information content (AvgIpc) is 3.26. The fourth-order valence-corrected chi connectivity index (χ4v) is 4.12. The Morgan fingerprint density at radius 3 is 2.41 bits per heavy atom. The van der Waals surface area contributed by atoms with Crippen LogP contribution in [0.1, 0.15) is 16.1 Å².